The molecule has 0 bridgehead atoms. The minimum atomic E-state index is -1.02. The molecule has 154 valence electrons. The van der Waals surface area contributed by atoms with Gasteiger partial charge >= 0.3 is 5.97 Å². The van der Waals surface area contributed by atoms with Crippen LogP contribution in [-0.2, 0) is 9.59 Å². The van der Waals surface area contributed by atoms with E-state index in [0.717, 1.165) is 5.56 Å². The number of carbonyl (C=O) groups is 2. The van der Waals surface area contributed by atoms with E-state index in [9.17, 15) is 14.7 Å². The average molecular weight is 431 g/mol. The van der Waals surface area contributed by atoms with Crippen molar-refractivity contribution in [1.82, 2.24) is 15.0 Å². The highest BCUT2D eigenvalue weighted by Crippen LogP contribution is 2.33. The number of thiazole rings is 1. The summed E-state index contributed by atoms with van der Waals surface area (Å²) in [6, 6.07) is 15.1. The van der Waals surface area contributed by atoms with Crippen LogP contribution in [0.3, 0.4) is 0 Å². The number of aromatic nitrogens is 3. The van der Waals surface area contributed by atoms with E-state index in [2.05, 4.69) is 32.2 Å². The maximum atomic E-state index is 11.8. The largest absolute Gasteiger partial charge is 0.479 e. The first-order valence-electron chi connectivity index (χ1n) is 9.25. The van der Waals surface area contributed by atoms with Crippen LogP contribution >= 0.6 is 11.3 Å². The normalized spacial score (nSPS) is 11.6. The van der Waals surface area contributed by atoms with E-state index < -0.39 is 12.0 Å². The number of benzene rings is 2. The molecule has 4 rings (SSSR count). The van der Waals surface area contributed by atoms with Crippen LogP contribution in [0.25, 0.3) is 20.9 Å². The van der Waals surface area contributed by atoms with E-state index in [1.165, 1.54) is 23.7 Å². The quantitative estimate of drug-likeness (QED) is 0.377. The van der Waals surface area contributed by atoms with E-state index in [-0.39, 0.29) is 5.91 Å². The zero-order valence-electron chi connectivity index (χ0n) is 16.1. The lowest BCUT2D eigenvalue weighted by Crippen LogP contribution is -2.21. The van der Waals surface area contributed by atoms with Gasteiger partial charge in [0.05, 0.1) is 0 Å². The van der Waals surface area contributed by atoms with Crippen molar-refractivity contribution in [1.29, 1.82) is 0 Å². The number of carbonyl (C=O) groups excluding carboxylic acids is 1. The lowest BCUT2D eigenvalue weighted by atomic mass is 10.1. The van der Waals surface area contributed by atoms with Crippen LogP contribution in [0.5, 0.6) is 0 Å². The molecule has 0 saturated carbocycles. The van der Waals surface area contributed by atoms with Crippen LogP contribution in [-0.4, -0.2) is 31.9 Å². The molecule has 0 saturated heterocycles. The van der Waals surface area contributed by atoms with Crippen molar-refractivity contribution < 1.29 is 14.7 Å². The van der Waals surface area contributed by atoms with Gasteiger partial charge < -0.3 is 15.7 Å². The zero-order valence-corrected chi connectivity index (χ0v) is 17.0. The molecular formula is C22H17N5O3S. The molecule has 1 atom stereocenters. The van der Waals surface area contributed by atoms with Crippen molar-refractivity contribution in [2.45, 2.75) is 6.04 Å². The van der Waals surface area contributed by atoms with Gasteiger partial charge in [-0.05, 0) is 35.9 Å². The number of carboxylic acids is 1. The standard InChI is InChI=1S/C22H17N5O3S/c1-2-16(28)25-15-10-8-14(9-11-15)20-27-18-19(23-12-24-21(18)31-20)26-17(22(29)30)13-6-4-3-5-7-13/h2-12,17H,1H2,(H,25,28)(H,29,30)(H,23,24,26)/t17-/m0/s1. The van der Waals surface area contributed by atoms with E-state index in [1.54, 1.807) is 36.4 Å². The summed E-state index contributed by atoms with van der Waals surface area (Å²) in [5.41, 5.74) is 2.58. The van der Waals surface area contributed by atoms with E-state index in [1.807, 2.05) is 18.2 Å². The van der Waals surface area contributed by atoms with Crippen molar-refractivity contribution in [2.75, 3.05) is 10.6 Å². The first-order chi connectivity index (χ1) is 15.0. The molecule has 2 aromatic heterocycles. The number of anilines is 2. The summed E-state index contributed by atoms with van der Waals surface area (Å²) in [6.07, 6.45) is 2.58. The number of amides is 1. The van der Waals surface area contributed by atoms with Gasteiger partial charge in [-0.2, -0.15) is 0 Å². The second-order valence-corrected chi connectivity index (χ2v) is 7.47. The van der Waals surface area contributed by atoms with Crippen molar-refractivity contribution in [2.24, 2.45) is 0 Å². The number of rotatable bonds is 7. The van der Waals surface area contributed by atoms with Crippen LogP contribution in [0.1, 0.15) is 11.6 Å². The van der Waals surface area contributed by atoms with Gasteiger partial charge in [0.2, 0.25) is 5.91 Å². The average Bonchev–Trinajstić information content (AvgIpc) is 3.23. The molecule has 8 nitrogen and oxygen atoms in total. The number of nitrogens with one attached hydrogen (secondary N) is 2. The van der Waals surface area contributed by atoms with E-state index >= 15 is 0 Å². The summed E-state index contributed by atoms with van der Waals surface area (Å²) in [5, 5.41) is 16.1. The number of nitrogens with zero attached hydrogens (tertiary/aromatic N) is 3. The maximum Gasteiger partial charge on any atom is 0.330 e. The Morgan fingerprint density at radius 1 is 1.06 bits per heavy atom. The van der Waals surface area contributed by atoms with Crippen molar-refractivity contribution in [3.05, 3.63) is 79.1 Å². The van der Waals surface area contributed by atoms with Gasteiger partial charge in [-0.1, -0.05) is 48.2 Å². The molecule has 4 aromatic rings. The fraction of sp³-hybridized carbons (Fsp3) is 0.0455. The molecule has 0 spiro atoms. The molecular weight excluding hydrogens is 414 g/mol. The summed E-state index contributed by atoms with van der Waals surface area (Å²) in [5.74, 6) is -0.964. The first kappa shape index (κ1) is 20.2. The number of carboxylic acid groups (broad SMARTS) is 1. The lowest BCUT2D eigenvalue weighted by molar-refractivity contribution is -0.138. The second-order valence-electron chi connectivity index (χ2n) is 6.49. The molecule has 0 aliphatic rings. The Balaban J connectivity index is 1.65. The van der Waals surface area contributed by atoms with Crippen LogP contribution in [0.2, 0.25) is 0 Å². The molecule has 1 amide bonds. The van der Waals surface area contributed by atoms with Gasteiger partial charge in [-0.25, -0.2) is 19.7 Å². The number of hydrogen-bond acceptors (Lipinski definition) is 7. The molecule has 0 aliphatic carbocycles. The molecule has 0 fully saturated rings. The number of aliphatic carboxylic acids is 1. The summed E-state index contributed by atoms with van der Waals surface area (Å²) >= 11 is 1.37. The van der Waals surface area contributed by atoms with Crippen LogP contribution in [0.4, 0.5) is 11.5 Å². The van der Waals surface area contributed by atoms with Crippen molar-refractivity contribution in [3.63, 3.8) is 0 Å². The van der Waals surface area contributed by atoms with E-state index in [4.69, 9.17) is 0 Å². The van der Waals surface area contributed by atoms with Crippen molar-refractivity contribution >= 4 is 45.1 Å². The summed E-state index contributed by atoms with van der Waals surface area (Å²) < 4.78 is 0. The van der Waals surface area contributed by atoms with Gasteiger partial charge in [-0.3, -0.25) is 4.79 Å². The predicted octanol–water partition coefficient (Wildman–Crippen LogP) is 4.12. The second kappa shape index (κ2) is 8.72. The Bertz CT molecular complexity index is 1260. The Morgan fingerprint density at radius 2 is 1.81 bits per heavy atom. The van der Waals surface area contributed by atoms with Crippen LogP contribution in [0.15, 0.2) is 73.6 Å². The van der Waals surface area contributed by atoms with Crippen LogP contribution < -0.4 is 10.6 Å². The monoisotopic (exact) mass is 431 g/mol. The molecule has 2 heterocycles. The Hall–Kier alpha value is -4.11. The number of hydrogen-bond donors (Lipinski definition) is 3. The Kier molecular flexibility index (Phi) is 5.67. The molecule has 0 aliphatic heterocycles. The van der Waals surface area contributed by atoms with Crippen molar-refractivity contribution in [3.8, 4) is 10.6 Å². The molecule has 31 heavy (non-hydrogen) atoms. The maximum absolute atomic E-state index is 11.8. The molecule has 0 radical (unpaired) electrons. The highest BCUT2D eigenvalue weighted by atomic mass is 32.1. The fourth-order valence-electron chi connectivity index (χ4n) is 2.94. The third kappa shape index (κ3) is 4.41. The highest BCUT2D eigenvalue weighted by molar-refractivity contribution is 7.21. The summed E-state index contributed by atoms with van der Waals surface area (Å²) in [6.45, 7) is 3.43. The minimum Gasteiger partial charge on any atom is -0.479 e. The minimum absolute atomic E-state index is 0.287. The Morgan fingerprint density at radius 3 is 2.48 bits per heavy atom. The molecule has 2 aromatic carbocycles. The lowest BCUT2D eigenvalue weighted by Gasteiger charge is -2.15. The molecule has 3 N–H and O–H groups in total. The SMILES string of the molecule is C=CC(=O)Nc1ccc(-c2nc3c(N[C@H](C(=O)O)c4ccccc4)ncnc3s2)cc1. The summed E-state index contributed by atoms with van der Waals surface area (Å²) in [4.78, 5) is 37.0. The fourth-order valence-corrected chi connectivity index (χ4v) is 3.86. The van der Waals surface area contributed by atoms with Gasteiger partial charge in [0.1, 0.15) is 21.7 Å². The third-order valence-electron chi connectivity index (χ3n) is 4.44. The van der Waals surface area contributed by atoms with Gasteiger partial charge in [0.15, 0.2) is 11.9 Å². The van der Waals surface area contributed by atoms with E-state index in [0.29, 0.717) is 32.4 Å². The van der Waals surface area contributed by atoms with Gasteiger partial charge in [0, 0.05) is 11.3 Å². The topological polar surface area (TPSA) is 117 Å². The molecule has 9 heteroatoms. The molecule has 0 unspecified atom stereocenters. The zero-order chi connectivity index (χ0) is 21.8. The first-order valence-corrected chi connectivity index (χ1v) is 10.1. The highest BCUT2D eigenvalue weighted by Gasteiger charge is 2.22. The third-order valence-corrected chi connectivity index (χ3v) is 5.45. The summed E-state index contributed by atoms with van der Waals surface area (Å²) in [7, 11) is 0. The van der Waals surface area contributed by atoms with Gasteiger partial charge in [-0.15, -0.1) is 0 Å². The van der Waals surface area contributed by atoms with Crippen LogP contribution in [0, 0.1) is 0 Å². The van der Waals surface area contributed by atoms with Gasteiger partial charge in [0.25, 0.3) is 0 Å². The smallest absolute Gasteiger partial charge is 0.330 e. The predicted molar refractivity (Wildman–Crippen MR) is 120 cm³/mol. The Labute approximate surface area is 181 Å². The number of fused-ring (bicyclic) bond motifs is 1.